The van der Waals surface area contributed by atoms with Gasteiger partial charge < -0.3 is 9.88 Å². The number of sulfonamides is 1. The average Bonchev–Trinajstić information content (AvgIpc) is 3.22. The summed E-state index contributed by atoms with van der Waals surface area (Å²) >= 11 is 3.34. The Morgan fingerprint density at radius 3 is 2.27 bits per heavy atom. The van der Waals surface area contributed by atoms with E-state index >= 15 is 0 Å². The molecule has 0 aliphatic heterocycles. The van der Waals surface area contributed by atoms with Gasteiger partial charge in [0.15, 0.2) is 0 Å². The minimum absolute atomic E-state index is 0.0790. The van der Waals surface area contributed by atoms with Crippen LogP contribution in [0.1, 0.15) is 12.5 Å². The molecule has 0 aliphatic rings. The molecule has 188 valence electrons. The summed E-state index contributed by atoms with van der Waals surface area (Å²) in [6.07, 6.45) is 0. The monoisotopic (exact) mass is 575 g/mol. The van der Waals surface area contributed by atoms with Crippen LogP contribution in [0, 0.1) is 0 Å². The Hall–Kier alpha value is -3.46. The molecule has 0 fully saturated rings. The van der Waals surface area contributed by atoms with Gasteiger partial charge in [-0.25, -0.2) is 8.42 Å². The van der Waals surface area contributed by atoms with Crippen LogP contribution in [0.15, 0.2) is 106 Å². The maximum absolute atomic E-state index is 13.5. The molecule has 0 bridgehead atoms. The number of aryl methyl sites for hydroxylation is 1. The first kappa shape index (κ1) is 25.2. The second-order valence-corrected chi connectivity index (χ2v) is 11.6. The van der Waals surface area contributed by atoms with Gasteiger partial charge in [0.1, 0.15) is 0 Å². The number of rotatable bonds is 8. The van der Waals surface area contributed by atoms with Crippen molar-refractivity contribution in [3.05, 3.63) is 107 Å². The Bertz CT molecular complexity index is 1680. The molecule has 0 unspecified atom stereocenters. The van der Waals surface area contributed by atoms with Gasteiger partial charge in [0.2, 0.25) is 15.9 Å². The maximum atomic E-state index is 13.5. The van der Waals surface area contributed by atoms with Gasteiger partial charge in [0, 0.05) is 45.1 Å². The van der Waals surface area contributed by atoms with Gasteiger partial charge in [-0.2, -0.15) is 4.31 Å². The molecule has 1 N–H and O–H groups in total. The van der Waals surface area contributed by atoms with Crippen LogP contribution in [0.4, 0.5) is 5.69 Å². The zero-order valence-corrected chi connectivity index (χ0v) is 22.7. The SMILES string of the molecule is CCn1c2ccccc2c2cc(NC(=O)CN(Cc3ccccc3)S(=O)(=O)c3ccc(Br)cc3)ccc21. The number of amides is 1. The van der Waals surface area contributed by atoms with Gasteiger partial charge in [-0.05, 0) is 61.0 Å². The highest BCUT2D eigenvalue weighted by Crippen LogP contribution is 2.31. The van der Waals surface area contributed by atoms with Crippen molar-refractivity contribution in [1.82, 2.24) is 8.87 Å². The lowest BCUT2D eigenvalue weighted by Crippen LogP contribution is -2.37. The zero-order chi connectivity index (χ0) is 26.0. The lowest BCUT2D eigenvalue weighted by molar-refractivity contribution is -0.116. The van der Waals surface area contributed by atoms with Crippen LogP contribution in [0.3, 0.4) is 0 Å². The third kappa shape index (κ3) is 5.18. The summed E-state index contributed by atoms with van der Waals surface area (Å²) in [7, 11) is -3.92. The summed E-state index contributed by atoms with van der Waals surface area (Å²) in [5.74, 6) is -0.407. The van der Waals surface area contributed by atoms with E-state index in [9.17, 15) is 13.2 Å². The zero-order valence-electron chi connectivity index (χ0n) is 20.3. The van der Waals surface area contributed by atoms with Crippen molar-refractivity contribution < 1.29 is 13.2 Å². The molecule has 37 heavy (non-hydrogen) atoms. The fourth-order valence-corrected chi connectivity index (χ4v) is 6.25. The number of para-hydroxylation sites is 1. The number of nitrogens with zero attached hydrogens (tertiary/aromatic N) is 2. The highest BCUT2D eigenvalue weighted by atomic mass is 79.9. The van der Waals surface area contributed by atoms with E-state index in [2.05, 4.69) is 44.9 Å². The van der Waals surface area contributed by atoms with Gasteiger partial charge in [-0.3, -0.25) is 4.79 Å². The second kappa shape index (κ2) is 10.5. The quantitative estimate of drug-likeness (QED) is 0.232. The number of halogens is 1. The predicted octanol–water partition coefficient (Wildman–Crippen LogP) is 6.41. The van der Waals surface area contributed by atoms with Crippen LogP contribution in [-0.4, -0.2) is 29.7 Å². The summed E-state index contributed by atoms with van der Waals surface area (Å²) in [4.78, 5) is 13.3. The minimum Gasteiger partial charge on any atom is -0.341 e. The van der Waals surface area contributed by atoms with Crippen LogP contribution < -0.4 is 5.32 Å². The van der Waals surface area contributed by atoms with E-state index in [1.807, 2.05) is 60.7 Å². The van der Waals surface area contributed by atoms with E-state index in [1.54, 1.807) is 12.1 Å². The number of aromatic nitrogens is 1. The van der Waals surface area contributed by atoms with Crippen molar-refractivity contribution >= 4 is 59.4 Å². The summed E-state index contributed by atoms with van der Waals surface area (Å²) in [5.41, 5.74) is 3.64. The third-order valence-electron chi connectivity index (χ3n) is 6.35. The lowest BCUT2D eigenvalue weighted by Gasteiger charge is -2.22. The molecule has 0 spiro atoms. The molecule has 0 atom stereocenters. The second-order valence-electron chi connectivity index (χ2n) is 8.75. The predicted molar refractivity (Wildman–Crippen MR) is 152 cm³/mol. The van der Waals surface area contributed by atoms with Gasteiger partial charge in [-0.15, -0.1) is 0 Å². The topological polar surface area (TPSA) is 71.4 Å². The molecule has 4 aromatic carbocycles. The fourth-order valence-electron chi connectivity index (χ4n) is 4.60. The number of benzene rings is 4. The van der Waals surface area contributed by atoms with Crippen LogP contribution in [0.25, 0.3) is 21.8 Å². The third-order valence-corrected chi connectivity index (χ3v) is 8.68. The summed E-state index contributed by atoms with van der Waals surface area (Å²) in [6, 6.07) is 29.7. The van der Waals surface area contributed by atoms with Crippen molar-refractivity contribution in [2.45, 2.75) is 24.9 Å². The van der Waals surface area contributed by atoms with Crippen LogP contribution in [0.5, 0.6) is 0 Å². The molecule has 0 aliphatic carbocycles. The van der Waals surface area contributed by atoms with Gasteiger partial charge in [0.05, 0.1) is 11.4 Å². The smallest absolute Gasteiger partial charge is 0.243 e. The molecule has 8 heteroatoms. The molecule has 0 saturated heterocycles. The minimum atomic E-state index is -3.92. The van der Waals surface area contributed by atoms with Crippen LogP contribution in [0.2, 0.25) is 0 Å². The van der Waals surface area contributed by atoms with E-state index < -0.39 is 15.9 Å². The van der Waals surface area contributed by atoms with Crippen molar-refractivity contribution in [3.63, 3.8) is 0 Å². The van der Waals surface area contributed by atoms with Gasteiger partial charge in [0.25, 0.3) is 0 Å². The number of hydrogen-bond donors (Lipinski definition) is 1. The number of carbonyl (C=O) groups excluding carboxylic acids is 1. The average molecular weight is 577 g/mol. The van der Waals surface area contributed by atoms with Crippen molar-refractivity contribution in [2.75, 3.05) is 11.9 Å². The number of fused-ring (bicyclic) bond motifs is 3. The fraction of sp³-hybridized carbons (Fsp3) is 0.138. The van der Waals surface area contributed by atoms with Crippen molar-refractivity contribution in [3.8, 4) is 0 Å². The number of anilines is 1. The standard InChI is InChI=1S/C29H26BrN3O3S/c1-2-33-27-11-7-6-10-25(27)26-18-23(14-17-28(26)33)31-29(34)20-32(19-21-8-4-3-5-9-21)37(35,36)24-15-12-22(30)13-16-24/h3-18H,2,19-20H2,1H3,(H,31,34). The Labute approximate surface area is 224 Å². The summed E-state index contributed by atoms with van der Waals surface area (Å²) in [6.45, 7) is 2.70. The molecule has 0 saturated carbocycles. The highest BCUT2D eigenvalue weighted by Gasteiger charge is 2.27. The van der Waals surface area contributed by atoms with E-state index in [0.717, 1.165) is 38.4 Å². The number of carbonyl (C=O) groups is 1. The largest absolute Gasteiger partial charge is 0.341 e. The number of nitrogens with one attached hydrogen (secondary N) is 1. The van der Waals surface area contributed by atoms with Crippen molar-refractivity contribution in [1.29, 1.82) is 0 Å². The Morgan fingerprint density at radius 2 is 1.54 bits per heavy atom. The highest BCUT2D eigenvalue weighted by molar-refractivity contribution is 9.10. The molecular weight excluding hydrogens is 550 g/mol. The van der Waals surface area contributed by atoms with Crippen molar-refractivity contribution in [2.24, 2.45) is 0 Å². The van der Waals surface area contributed by atoms with Gasteiger partial charge in [-0.1, -0.05) is 64.5 Å². The van der Waals surface area contributed by atoms with E-state index in [4.69, 9.17) is 0 Å². The molecule has 1 aromatic heterocycles. The van der Waals surface area contributed by atoms with E-state index in [1.165, 1.54) is 16.4 Å². The first-order valence-electron chi connectivity index (χ1n) is 12.0. The molecule has 1 amide bonds. The molecule has 0 radical (unpaired) electrons. The Balaban J connectivity index is 1.44. The lowest BCUT2D eigenvalue weighted by atomic mass is 10.1. The van der Waals surface area contributed by atoms with E-state index in [0.29, 0.717) is 5.69 Å². The van der Waals surface area contributed by atoms with E-state index in [-0.39, 0.29) is 18.0 Å². The van der Waals surface area contributed by atoms with Crippen LogP contribution in [-0.2, 0) is 27.9 Å². The van der Waals surface area contributed by atoms with Gasteiger partial charge >= 0.3 is 0 Å². The molecule has 1 heterocycles. The first-order valence-corrected chi connectivity index (χ1v) is 14.2. The maximum Gasteiger partial charge on any atom is 0.243 e. The molecule has 6 nitrogen and oxygen atoms in total. The normalized spacial score (nSPS) is 11.9. The summed E-state index contributed by atoms with van der Waals surface area (Å²) in [5, 5.41) is 5.06. The first-order chi connectivity index (χ1) is 17.9. The molecular formula is C29H26BrN3O3S. The Morgan fingerprint density at radius 1 is 0.865 bits per heavy atom. The molecule has 5 aromatic rings. The van der Waals surface area contributed by atoms with Crippen LogP contribution >= 0.6 is 15.9 Å². The Kier molecular flexibility index (Phi) is 7.15. The molecule has 5 rings (SSSR count). The number of hydrogen-bond acceptors (Lipinski definition) is 3. The summed E-state index contributed by atoms with van der Waals surface area (Å²) < 4.78 is 31.3.